The molecule has 0 radical (unpaired) electrons. The molecule has 160 valence electrons. The monoisotopic (exact) mass is 444 g/mol. The Labute approximate surface area is 179 Å². The van der Waals surface area contributed by atoms with Crippen LogP contribution >= 0.6 is 11.8 Å². The van der Waals surface area contributed by atoms with Crippen LogP contribution in [-0.2, 0) is 4.79 Å². The number of amides is 1. The highest BCUT2D eigenvalue weighted by molar-refractivity contribution is 8.18. The molecular formula is C20H16N2O8S. The number of aromatic carboxylic acids is 2. The molecule has 0 bridgehead atoms. The second-order valence-corrected chi connectivity index (χ2v) is 7.17. The molecular weight excluding hydrogens is 428 g/mol. The summed E-state index contributed by atoms with van der Waals surface area (Å²) in [5.41, 5.74) is 0.0982. The first-order chi connectivity index (χ1) is 14.7. The predicted molar refractivity (Wildman–Crippen MR) is 112 cm³/mol. The normalized spacial score (nSPS) is 15.7. The molecule has 0 spiro atoms. The van der Waals surface area contributed by atoms with E-state index in [0.717, 1.165) is 17.8 Å². The molecule has 1 aliphatic rings. The minimum Gasteiger partial charge on any atom is -0.502 e. The van der Waals surface area contributed by atoms with E-state index < -0.39 is 17.8 Å². The van der Waals surface area contributed by atoms with Gasteiger partial charge >= 0.3 is 11.9 Å². The number of benzene rings is 2. The molecule has 1 saturated heterocycles. The van der Waals surface area contributed by atoms with Crippen molar-refractivity contribution in [3.8, 4) is 17.2 Å². The molecule has 10 nitrogen and oxygen atoms in total. The average molecular weight is 444 g/mol. The van der Waals surface area contributed by atoms with Gasteiger partial charge in [-0.05, 0) is 53.7 Å². The van der Waals surface area contributed by atoms with Crippen LogP contribution in [0, 0.1) is 0 Å². The fourth-order valence-electron chi connectivity index (χ4n) is 2.67. The molecule has 4 N–H and O–H groups in total. The minimum absolute atomic E-state index is 0.0642. The van der Waals surface area contributed by atoms with E-state index in [-0.39, 0.29) is 44.1 Å². The summed E-state index contributed by atoms with van der Waals surface area (Å²) >= 11 is 0.980. The number of carbonyl (C=O) groups excluding carboxylic acids is 1. The molecule has 1 amide bonds. The number of aliphatic imine (C=N–C) groups is 1. The first-order valence-electron chi connectivity index (χ1n) is 8.58. The van der Waals surface area contributed by atoms with Crippen molar-refractivity contribution >= 4 is 46.5 Å². The van der Waals surface area contributed by atoms with E-state index in [1.165, 1.54) is 44.6 Å². The van der Waals surface area contributed by atoms with E-state index in [1.54, 1.807) is 0 Å². The summed E-state index contributed by atoms with van der Waals surface area (Å²) in [5.74, 6) is -2.91. The number of carboxylic acids is 2. The summed E-state index contributed by atoms with van der Waals surface area (Å²) in [6.45, 7) is 0. The van der Waals surface area contributed by atoms with Crippen LogP contribution in [0.15, 0.2) is 40.2 Å². The van der Waals surface area contributed by atoms with Crippen LogP contribution in [-0.4, -0.2) is 52.6 Å². The van der Waals surface area contributed by atoms with Crippen molar-refractivity contribution < 1.29 is 39.2 Å². The zero-order valence-corrected chi connectivity index (χ0v) is 17.0. The molecule has 1 aliphatic heterocycles. The lowest BCUT2D eigenvalue weighted by molar-refractivity contribution is -0.115. The van der Waals surface area contributed by atoms with E-state index in [2.05, 4.69) is 10.3 Å². The maximum Gasteiger partial charge on any atom is 0.335 e. The van der Waals surface area contributed by atoms with Gasteiger partial charge in [-0.25, -0.2) is 14.6 Å². The molecule has 3 rings (SSSR count). The van der Waals surface area contributed by atoms with Gasteiger partial charge in [0.15, 0.2) is 16.7 Å². The standard InChI is InChI=1S/C20H16N2O8S/c1-29-13-3-9(4-14(30-2)16(13)23)5-15-17(24)22-20(31-15)21-12-7-10(18(25)26)6-11(8-12)19(27)28/h3-8,23H,1-2H3,(H,25,26)(H,27,28)(H,21,22,24)/b15-5-. The summed E-state index contributed by atoms with van der Waals surface area (Å²) < 4.78 is 10.2. The molecule has 2 aromatic rings. The van der Waals surface area contributed by atoms with Crippen molar-refractivity contribution in [3.63, 3.8) is 0 Å². The Bertz CT molecular complexity index is 1100. The van der Waals surface area contributed by atoms with Gasteiger partial charge in [0, 0.05) is 0 Å². The average Bonchev–Trinajstić information content (AvgIpc) is 3.07. The van der Waals surface area contributed by atoms with Crippen LogP contribution in [0.25, 0.3) is 6.08 Å². The first kappa shape index (κ1) is 21.7. The van der Waals surface area contributed by atoms with Crippen molar-refractivity contribution in [3.05, 3.63) is 51.9 Å². The Morgan fingerprint density at radius 1 is 1.00 bits per heavy atom. The summed E-state index contributed by atoms with van der Waals surface area (Å²) in [6.07, 6.45) is 1.53. The van der Waals surface area contributed by atoms with Gasteiger partial charge in [0.05, 0.1) is 35.9 Å². The number of phenolic OH excluding ortho intramolecular Hbond substituents is 1. The summed E-state index contributed by atoms with van der Waals surface area (Å²) in [4.78, 5) is 39.2. The number of aromatic hydroxyl groups is 1. The highest BCUT2D eigenvalue weighted by atomic mass is 32.2. The van der Waals surface area contributed by atoms with Gasteiger partial charge in [0.1, 0.15) is 0 Å². The highest BCUT2D eigenvalue weighted by Gasteiger charge is 2.25. The molecule has 2 aromatic carbocycles. The molecule has 0 aromatic heterocycles. The lowest BCUT2D eigenvalue weighted by atomic mass is 10.1. The van der Waals surface area contributed by atoms with Crippen LogP contribution in [0.2, 0.25) is 0 Å². The molecule has 11 heteroatoms. The fraction of sp³-hybridized carbons (Fsp3) is 0.100. The third-order valence-corrected chi connectivity index (χ3v) is 5.00. The molecule has 31 heavy (non-hydrogen) atoms. The van der Waals surface area contributed by atoms with E-state index in [4.69, 9.17) is 19.7 Å². The largest absolute Gasteiger partial charge is 0.502 e. The van der Waals surface area contributed by atoms with E-state index in [0.29, 0.717) is 5.56 Å². The Hall–Kier alpha value is -3.99. The smallest absolute Gasteiger partial charge is 0.335 e. The van der Waals surface area contributed by atoms with Crippen LogP contribution in [0.1, 0.15) is 26.3 Å². The number of amidine groups is 1. The quantitative estimate of drug-likeness (QED) is 0.492. The maximum atomic E-state index is 12.3. The number of thioether (sulfide) groups is 1. The maximum absolute atomic E-state index is 12.3. The second-order valence-electron chi connectivity index (χ2n) is 6.13. The SMILES string of the molecule is COc1cc(/C=C2\SC(=Nc3cc(C(=O)O)cc(C(=O)O)c3)NC2=O)cc(OC)c1O. The summed E-state index contributed by atoms with van der Waals surface area (Å²) in [7, 11) is 2.76. The number of methoxy groups -OCH3 is 2. The molecule has 0 aliphatic carbocycles. The molecule has 0 atom stereocenters. The summed E-state index contributed by atoms with van der Waals surface area (Å²) in [5, 5.41) is 31.0. The van der Waals surface area contributed by atoms with Gasteiger partial charge in [-0.2, -0.15) is 0 Å². The fourth-order valence-corrected chi connectivity index (χ4v) is 3.51. The third kappa shape index (κ3) is 4.78. The minimum atomic E-state index is -1.30. The zero-order valence-electron chi connectivity index (χ0n) is 16.2. The van der Waals surface area contributed by atoms with Crippen molar-refractivity contribution in [2.45, 2.75) is 0 Å². The van der Waals surface area contributed by atoms with Crippen LogP contribution in [0.4, 0.5) is 5.69 Å². The van der Waals surface area contributed by atoms with Crippen molar-refractivity contribution in [1.29, 1.82) is 0 Å². The predicted octanol–water partition coefficient (Wildman–Crippen LogP) is 2.70. The van der Waals surface area contributed by atoms with E-state index in [1.807, 2.05) is 0 Å². The molecule has 0 unspecified atom stereocenters. The molecule has 0 saturated carbocycles. The zero-order chi connectivity index (χ0) is 22.7. The van der Waals surface area contributed by atoms with Crippen LogP contribution < -0.4 is 14.8 Å². The van der Waals surface area contributed by atoms with Crippen molar-refractivity contribution in [1.82, 2.24) is 5.32 Å². The Balaban J connectivity index is 1.94. The number of nitrogens with zero attached hydrogens (tertiary/aromatic N) is 1. The lowest BCUT2D eigenvalue weighted by Crippen LogP contribution is -2.19. The van der Waals surface area contributed by atoms with Gasteiger partial charge in [0.2, 0.25) is 5.75 Å². The Kier molecular flexibility index (Phi) is 6.16. The second kappa shape index (κ2) is 8.79. The number of nitrogens with one attached hydrogen (secondary N) is 1. The van der Waals surface area contributed by atoms with Crippen molar-refractivity contribution in [2.75, 3.05) is 14.2 Å². The first-order valence-corrected chi connectivity index (χ1v) is 9.39. The lowest BCUT2D eigenvalue weighted by Gasteiger charge is -2.09. The topological polar surface area (TPSA) is 155 Å². The van der Waals surface area contributed by atoms with Crippen LogP contribution in [0.3, 0.4) is 0 Å². The van der Waals surface area contributed by atoms with Gasteiger partial charge in [-0.3, -0.25) is 4.79 Å². The van der Waals surface area contributed by atoms with Crippen molar-refractivity contribution in [2.24, 2.45) is 4.99 Å². The highest BCUT2D eigenvalue weighted by Crippen LogP contribution is 2.38. The number of ether oxygens (including phenoxy) is 2. The third-order valence-electron chi connectivity index (χ3n) is 4.09. The number of phenols is 1. The molecule has 1 heterocycles. The van der Waals surface area contributed by atoms with Gasteiger partial charge in [-0.1, -0.05) is 0 Å². The van der Waals surface area contributed by atoms with E-state index in [9.17, 15) is 19.5 Å². The van der Waals surface area contributed by atoms with Gasteiger partial charge in [-0.15, -0.1) is 0 Å². The van der Waals surface area contributed by atoms with Gasteiger partial charge < -0.3 is 30.1 Å². The van der Waals surface area contributed by atoms with Gasteiger partial charge in [0.25, 0.3) is 5.91 Å². The number of rotatable bonds is 6. The number of carbonyl (C=O) groups is 3. The summed E-state index contributed by atoms with van der Waals surface area (Å²) in [6, 6.07) is 6.45. The van der Waals surface area contributed by atoms with Crippen LogP contribution in [0.5, 0.6) is 17.2 Å². The van der Waals surface area contributed by atoms with E-state index >= 15 is 0 Å². The Morgan fingerprint density at radius 3 is 2.03 bits per heavy atom. The molecule has 1 fully saturated rings. The number of hydrogen-bond acceptors (Lipinski definition) is 8. The number of hydrogen-bond donors (Lipinski definition) is 4. The Morgan fingerprint density at radius 2 is 1.55 bits per heavy atom. The number of carboxylic acid groups (broad SMARTS) is 2.